The highest BCUT2D eigenvalue weighted by atomic mass is 32.2. The van der Waals surface area contributed by atoms with Gasteiger partial charge in [-0.1, -0.05) is 12.1 Å². The summed E-state index contributed by atoms with van der Waals surface area (Å²) in [6, 6.07) is 5.58. The molecule has 0 N–H and O–H groups in total. The minimum Gasteiger partial charge on any atom is -0.368 e. The third-order valence-electron chi connectivity index (χ3n) is 1.73. The molecule has 1 aromatic rings. The van der Waals surface area contributed by atoms with Crippen LogP contribution in [0, 0.1) is 0 Å². The van der Waals surface area contributed by atoms with Gasteiger partial charge in [0.15, 0.2) is 0 Å². The van der Waals surface area contributed by atoms with Crippen molar-refractivity contribution >= 4 is 22.6 Å². The van der Waals surface area contributed by atoms with E-state index in [0.717, 1.165) is 0 Å². The monoisotopic (exact) mass is 240 g/mol. The first-order chi connectivity index (χ1) is 7.45. The van der Waals surface area contributed by atoms with Gasteiger partial charge in [-0.3, -0.25) is 4.79 Å². The average Bonchev–Trinajstić information content (AvgIpc) is 2.27. The quantitative estimate of drug-likeness (QED) is 0.443. The third-order valence-corrected chi connectivity index (χ3v) is 2.97. The van der Waals surface area contributed by atoms with Gasteiger partial charge in [0.05, 0.1) is 4.90 Å². The van der Waals surface area contributed by atoms with Crippen LogP contribution in [-0.4, -0.2) is 40.0 Å². The molecule has 1 aromatic carbocycles. The molecule has 5 nitrogen and oxygen atoms in total. The van der Waals surface area contributed by atoms with Gasteiger partial charge >= 0.3 is 0 Å². The van der Waals surface area contributed by atoms with Crippen molar-refractivity contribution in [2.24, 2.45) is 4.40 Å². The fourth-order valence-electron chi connectivity index (χ4n) is 0.936. The Balaban J connectivity index is 3.03. The van der Waals surface area contributed by atoms with Crippen LogP contribution in [0.15, 0.2) is 33.6 Å². The molecule has 0 saturated heterocycles. The molecule has 86 valence electrons. The number of carbonyl (C=O) groups excluding carboxylic acids is 1. The van der Waals surface area contributed by atoms with E-state index in [4.69, 9.17) is 0 Å². The predicted molar refractivity (Wildman–Crippen MR) is 61.2 cm³/mol. The van der Waals surface area contributed by atoms with E-state index in [1.54, 1.807) is 14.1 Å². The van der Waals surface area contributed by atoms with E-state index in [-0.39, 0.29) is 4.90 Å². The van der Waals surface area contributed by atoms with Gasteiger partial charge in [0.1, 0.15) is 12.6 Å². The van der Waals surface area contributed by atoms with Gasteiger partial charge in [0, 0.05) is 19.7 Å². The molecule has 0 aliphatic rings. The van der Waals surface area contributed by atoms with Crippen molar-refractivity contribution in [1.82, 2.24) is 4.90 Å². The van der Waals surface area contributed by atoms with E-state index in [2.05, 4.69) is 4.40 Å². The molecular formula is C10H12N2O3S. The summed E-state index contributed by atoms with van der Waals surface area (Å²) >= 11 is 0. The highest BCUT2D eigenvalue weighted by Gasteiger charge is 2.11. The number of benzene rings is 1. The fourth-order valence-corrected chi connectivity index (χ4v) is 1.85. The maximum atomic E-state index is 11.6. The van der Waals surface area contributed by atoms with E-state index < -0.39 is 10.0 Å². The molecule has 0 heterocycles. The normalized spacial score (nSPS) is 11.6. The fraction of sp³-hybridized carbons (Fsp3) is 0.200. The summed E-state index contributed by atoms with van der Waals surface area (Å²) in [5, 5.41) is 0. The summed E-state index contributed by atoms with van der Waals surface area (Å²) in [7, 11) is -0.318. The summed E-state index contributed by atoms with van der Waals surface area (Å²) in [4.78, 5) is 12.0. The smallest absolute Gasteiger partial charge is 0.283 e. The van der Waals surface area contributed by atoms with Crippen molar-refractivity contribution in [2.75, 3.05) is 14.1 Å². The van der Waals surface area contributed by atoms with Crippen molar-refractivity contribution in [3.8, 4) is 0 Å². The molecule has 16 heavy (non-hydrogen) atoms. The van der Waals surface area contributed by atoms with Crippen LogP contribution in [0.2, 0.25) is 0 Å². The maximum absolute atomic E-state index is 11.6. The van der Waals surface area contributed by atoms with Gasteiger partial charge in [-0.2, -0.15) is 8.42 Å². The van der Waals surface area contributed by atoms with E-state index in [1.807, 2.05) is 0 Å². The van der Waals surface area contributed by atoms with Crippen LogP contribution < -0.4 is 0 Å². The van der Waals surface area contributed by atoms with Crippen molar-refractivity contribution in [3.63, 3.8) is 0 Å². The Kier molecular flexibility index (Phi) is 3.78. The van der Waals surface area contributed by atoms with Crippen molar-refractivity contribution < 1.29 is 13.2 Å². The molecule has 0 aliphatic heterocycles. The van der Waals surface area contributed by atoms with Gasteiger partial charge in [-0.25, -0.2) is 0 Å². The van der Waals surface area contributed by atoms with Crippen molar-refractivity contribution in [2.45, 2.75) is 4.90 Å². The largest absolute Gasteiger partial charge is 0.368 e. The maximum Gasteiger partial charge on any atom is 0.283 e. The Labute approximate surface area is 94.5 Å². The van der Waals surface area contributed by atoms with Crippen LogP contribution in [0.1, 0.15) is 10.4 Å². The lowest BCUT2D eigenvalue weighted by molar-refractivity contribution is 0.112. The summed E-state index contributed by atoms with van der Waals surface area (Å²) < 4.78 is 26.7. The molecule has 0 bridgehead atoms. The molecule has 0 fully saturated rings. The lowest BCUT2D eigenvalue weighted by Gasteiger charge is -2.03. The Hall–Kier alpha value is -1.69. The number of aldehydes is 1. The minimum absolute atomic E-state index is 0.0659. The van der Waals surface area contributed by atoms with Crippen LogP contribution in [0.4, 0.5) is 0 Å². The van der Waals surface area contributed by atoms with Crippen LogP contribution in [-0.2, 0) is 10.0 Å². The van der Waals surface area contributed by atoms with Gasteiger partial charge < -0.3 is 4.90 Å². The molecule has 0 saturated carbocycles. The Bertz CT molecular complexity index is 489. The van der Waals surface area contributed by atoms with E-state index >= 15 is 0 Å². The third kappa shape index (κ3) is 3.16. The number of carbonyl (C=O) groups is 1. The SMILES string of the molecule is CN(C)/C=N\S(=O)(=O)c1ccc(C=O)cc1. The average molecular weight is 240 g/mol. The molecule has 0 aromatic heterocycles. The highest BCUT2D eigenvalue weighted by molar-refractivity contribution is 7.90. The zero-order chi connectivity index (χ0) is 12.2. The molecule has 0 radical (unpaired) electrons. The second-order valence-electron chi connectivity index (χ2n) is 3.35. The zero-order valence-electron chi connectivity index (χ0n) is 8.99. The first kappa shape index (κ1) is 12.4. The summed E-state index contributed by atoms with van der Waals surface area (Å²) in [6.45, 7) is 0. The van der Waals surface area contributed by atoms with Crippen LogP contribution in [0.25, 0.3) is 0 Å². The Morgan fingerprint density at radius 3 is 2.19 bits per heavy atom. The lowest BCUT2D eigenvalue weighted by atomic mass is 10.2. The highest BCUT2D eigenvalue weighted by Crippen LogP contribution is 2.12. The molecule has 0 atom stereocenters. The van der Waals surface area contributed by atoms with E-state index in [0.29, 0.717) is 11.8 Å². The molecule has 0 unspecified atom stereocenters. The van der Waals surface area contributed by atoms with Crippen LogP contribution >= 0.6 is 0 Å². The van der Waals surface area contributed by atoms with E-state index in [9.17, 15) is 13.2 Å². The van der Waals surface area contributed by atoms with Crippen LogP contribution in [0.5, 0.6) is 0 Å². The van der Waals surface area contributed by atoms with Crippen molar-refractivity contribution in [1.29, 1.82) is 0 Å². The Morgan fingerprint density at radius 2 is 1.75 bits per heavy atom. The van der Waals surface area contributed by atoms with Crippen LogP contribution in [0.3, 0.4) is 0 Å². The lowest BCUT2D eigenvalue weighted by Crippen LogP contribution is -2.10. The van der Waals surface area contributed by atoms with Crippen molar-refractivity contribution in [3.05, 3.63) is 29.8 Å². The molecule has 0 amide bonds. The molecule has 1 rings (SSSR count). The van der Waals surface area contributed by atoms with E-state index in [1.165, 1.54) is 35.5 Å². The standard InChI is InChI=1S/C10H12N2O3S/c1-12(2)8-11-16(14,15)10-5-3-9(7-13)4-6-10/h3-8H,1-2H3/b11-8-. The molecule has 0 aliphatic carbocycles. The van der Waals surface area contributed by atoms with Gasteiger partial charge in [-0.15, -0.1) is 4.40 Å². The summed E-state index contributed by atoms with van der Waals surface area (Å²) in [5.41, 5.74) is 0.426. The number of hydrogen-bond donors (Lipinski definition) is 0. The minimum atomic E-state index is -3.67. The van der Waals surface area contributed by atoms with Gasteiger partial charge in [0.2, 0.25) is 0 Å². The number of sulfonamides is 1. The summed E-state index contributed by atoms with van der Waals surface area (Å²) in [5.74, 6) is 0. The first-order valence-corrected chi connectivity index (χ1v) is 5.92. The number of nitrogens with zero attached hydrogens (tertiary/aromatic N) is 2. The Morgan fingerprint density at radius 1 is 1.19 bits per heavy atom. The second kappa shape index (κ2) is 4.89. The molecule has 6 heteroatoms. The first-order valence-electron chi connectivity index (χ1n) is 4.48. The number of rotatable bonds is 4. The molecule has 0 spiro atoms. The summed E-state index contributed by atoms with van der Waals surface area (Å²) in [6.07, 6.45) is 1.86. The zero-order valence-corrected chi connectivity index (χ0v) is 9.81. The predicted octanol–water partition coefficient (Wildman–Crippen LogP) is 0.778. The number of hydrogen-bond acceptors (Lipinski definition) is 3. The molecular weight excluding hydrogens is 228 g/mol. The topological polar surface area (TPSA) is 66.8 Å². The van der Waals surface area contributed by atoms with Gasteiger partial charge in [0.25, 0.3) is 10.0 Å². The second-order valence-corrected chi connectivity index (χ2v) is 4.98. The van der Waals surface area contributed by atoms with Gasteiger partial charge in [-0.05, 0) is 12.1 Å².